The van der Waals surface area contributed by atoms with Gasteiger partial charge in [-0.1, -0.05) is 17.7 Å². The van der Waals surface area contributed by atoms with E-state index in [0.29, 0.717) is 6.42 Å². The second-order valence-electron chi connectivity index (χ2n) is 3.38. The van der Waals surface area contributed by atoms with Gasteiger partial charge < -0.3 is 4.74 Å². The molecule has 0 saturated carbocycles. The average Bonchev–Trinajstić information content (AvgIpc) is 2.15. The number of carbonyl (C=O) groups excluding carboxylic acids is 1. The van der Waals surface area contributed by atoms with E-state index in [1.54, 1.807) is 0 Å². The van der Waals surface area contributed by atoms with Crippen LogP contribution in [-0.4, -0.2) is 18.0 Å². The number of hydrogen-bond donors (Lipinski definition) is 0. The van der Waals surface area contributed by atoms with E-state index in [1.165, 1.54) is 18.8 Å². The highest BCUT2D eigenvalue weighted by molar-refractivity contribution is 6.35. The molecule has 2 nitrogen and oxygen atoms in total. The Morgan fingerprint density at radius 3 is 2.50 bits per heavy atom. The molecule has 0 rings (SSSR count). The van der Waals surface area contributed by atoms with E-state index in [2.05, 4.69) is 11.3 Å². The summed E-state index contributed by atoms with van der Waals surface area (Å²) in [5.41, 5.74) is 1.21. The Morgan fingerprint density at radius 2 is 2.14 bits per heavy atom. The molecule has 0 fully saturated rings. The van der Waals surface area contributed by atoms with Crippen LogP contribution in [0.3, 0.4) is 0 Å². The van der Waals surface area contributed by atoms with Gasteiger partial charge in [0.1, 0.15) is 0 Å². The van der Waals surface area contributed by atoms with Crippen molar-refractivity contribution in [2.24, 2.45) is 0 Å². The largest absolute Gasteiger partial charge is 0.467 e. The van der Waals surface area contributed by atoms with Crippen molar-refractivity contribution in [2.75, 3.05) is 7.11 Å². The predicted octanol–water partition coefficient (Wildman–Crippen LogP) is 3.07. The van der Waals surface area contributed by atoms with Crippen LogP contribution >= 0.6 is 11.6 Å². The molecule has 14 heavy (non-hydrogen) atoms. The second kappa shape index (κ2) is 5.86. The minimum atomic E-state index is -1.08. The summed E-state index contributed by atoms with van der Waals surface area (Å²) in [6.07, 6.45) is 4.71. The first-order valence-corrected chi connectivity index (χ1v) is 4.88. The van der Waals surface area contributed by atoms with Crippen LogP contribution in [0.2, 0.25) is 0 Å². The maximum atomic E-state index is 11.3. The van der Waals surface area contributed by atoms with Crippen LogP contribution in [0.15, 0.2) is 24.3 Å². The van der Waals surface area contributed by atoms with E-state index in [9.17, 15) is 4.79 Å². The highest BCUT2D eigenvalue weighted by Gasteiger charge is 2.32. The quantitative estimate of drug-likeness (QED) is 0.401. The molecule has 0 aliphatic carbocycles. The van der Waals surface area contributed by atoms with Gasteiger partial charge in [0.05, 0.1) is 7.11 Å². The van der Waals surface area contributed by atoms with Crippen LogP contribution in [0.5, 0.6) is 0 Å². The van der Waals surface area contributed by atoms with Crippen molar-refractivity contribution < 1.29 is 9.53 Å². The maximum Gasteiger partial charge on any atom is 0.330 e. The molecule has 0 N–H and O–H groups in total. The molecule has 0 saturated heterocycles. The summed E-state index contributed by atoms with van der Waals surface area (Å²) in [6, 6.07) is 0. The van der Waals surface area contributed by atoms with Crippen molar-refractivity contribution >= 4 is 17.6 Å². The molecule has 0 aromatic heterocycles. The topological polar surface area (TPSA) is 26.3 Å². The highest BCUT2D eigenvalue weighted by atomic mass is 35.5. The van der Waals surface area contributed by atoms with Crippen LogP contribution < -0.4 is 0 Å². The van der Waals surface area contributed by atoms with Gasteiger partial charge in [-0.05, 0) is 26.7 Å². The fourth-order valence-electron chi connectivity index (χ4n) is 1.03. The molecule has 1 unspecified atom stereocenters. The zero-order valence-electron chi connectivity index (χ0n) is 8.97. The van der Waals surface area contributed by atoms with Gasteiger partial charge in [0.25, 0.3) is 0 Å². The van der Waals surface area contributed by atoms with Crippen LogP contribution in [0.1, 0.15) is 26.7 Å². The zero-order chi connectivity index (χ0) is 11.2. The summed E-state index contributed by atoms with van der Waals surface area (Å²) < 4.78 is 4.60. The molecule has 0 amide bonds. The lowest BCUT2D eigenvalue weighted by atomic mass is 10.0. The van der Waals surface area contributed by atoms with Gasteiger partial charge in [0.15, 0.2) is 4.87 Å². The minimum Gasteiger partial charge on any atom is -0.467 e. The lowest BCUT2D eigenvalue weighted by Crippen LogP contribution is -2.31. The Kier molecular flexibility index (Phi) is 5.55. The summed E-state index contributed by atoms with van der Waals surface area (Å²) in [5, 5.41) is 0. The number of carbonyl (C=O) groups is 1. The van der Waals surface area contributed by atoms with Gasteiger partial charge >= 0.3 is 5.97 Å². The molecule has 0 spiro atoms. The molecule has 80 valence electrons. The molecule has 0 radical (unpaired) electrons. The van der Waals surface area contributed by atoms with Crippen molar-refractivity contribution in [3.63, 3.8) is 0 Å². The average molecular weight is 217 g/mol. The Balaban J connectivity index is 4.34. The molecular weight excluding hydrogens is 200 g/mol. The SMILES string of the molecule is C=CC(Cl)(CCC=C(C)C)C(=O)OC. The molecule has 3 heteroatoms. The van der Waals surface area contributed by atoms with E-state index < -0.39 is 10.8 Å². The van der Waals surface area contributed by atoms with Gasteiger partial charge in [0, 0.05) is 0 Å². The van der Waals surface area contributed by atoms with Crippen LogP contribution in [0.4, 0.5) is 0 Å². The van der Waals surface area contributed by atoms with Crippen molar-refractivity contribution in [2.45, 2.75) is 31.6 Å². The monoisotopic (exact) mass is 216 g/mol. The first-order valence-electron chi connectivity index (χ1n) is 4.50. The Bertz CT molecular complexity index is 242. The smallest absolute Gasteiger partial charge is 0.330 e. The third-order valence-corrected chi connectivity index (χ3v) is 2.41. The van der Waals surface area contributed by atoms with E-state index in [-0.39, 0.29) is 0 Å². The second-order valence-corrected chi connectivity index (χ2v) is 4.05. The fourth-order valence-corrected chi connectivity index (χ4v) is 1.21. The molecule has 0 aromatic rings. The van der Waals surface area contributed by atoms with Gasteiger partial charge in [-0.2, -0.15) is 0 Å². The molecule has 0 aromatic carbocycles. The lowest BCUT2D eigenvalue weighted by Gasteiger charge is -2.18. The number of esters is 1. The Labute approximate surface area is 90.6 Å². The molecular formula is C11H17ClO2. The van der Waals surface area contributed by atoms with E-state index >= 15 is 0 Å². The van der Waals surface area contributed by atoms with Crippen molar-refractivity contribution in [1.82, 2.24) is 0 Å². The molecule has 1 atom stereocenters. The lowest BCUT2D eigenvalue weighted by molar-refractivity contribution is -0.142. The summed E-state index contributed by atoms with van der Waals surface area (Å²) in [7, 11) is 1.32. The van der Waals surface area contributed by atoms with Gasteiger partial charge in [-0.15, -0.1) is 18.2 Å². The highest BCUT2D eigenvalue weighted by Crippen LogP contribution is 2.25. The number of methoxy groups -OCH3 is 1. The van der Waals surface area contributed by atoms with Gasteiger partial charge in [-0.3, -0.25) is 0 Å². The number of rotatable bonds is 5. The predicted molar refractivity (Wildman–Crippen MR) is 59.5 cm³/mol. The molecule has 0 aliphatic rings. The van der Waals surface area contributed by atoms with Crippen LogP contribution in [0.25, 0.3) is 0 Å². The number of alkyl halides is 1. The molecule has 0 bridgehead atoms. The number of ether oxygens (including phenoxy) is 1. The molecule has 0 heterocycles. The molecule has 0 aliphatic heterocycles. The fraction of sp³-hybridized carbons (Fsp3) is 0.545. The first-order chi connectivity index (χ1) is 6.46. The number of halogens is 1. The third-order valence-electron chi connectivity index (χ3n) is 1.91. The number of allylic oxidation sites excluding steroid dienone is 2. The van der Waals surface area contributed by atoms with E-state index in [0.717, 1.165) is 6.42 Å². The summed E-state index contributed by atoms with van der Waals surface area (Å²) in [5.74, 6) is -0.448. The van der Waals surface area contributed by atoms with Crippen molar-refractivity contribution in [1.29, 1.82) is 0 Å². The standard InChI is InChI=1S/C11H17ClO2/c1-5-11(12,10(13)14-4)8-6-7-9(2)3/h5,7H,1,6,8H2,2-4H3. The van der Waals surface area contributed by atoms with Gasteiger partial charge in [-0.25, -0.2) is 4.79 Å². The van der Waals surface area contributed by atoms with Crippen molar-refractivity contribution in [3.05, 3.63) is 24.3 Å². The van der Waals surface area contributed by atoms with Crippen LogP contribution in [0, 0.1) is 0 Å². The number of hydrogen-bond acceptors (Lipinski definition) is 2. The normalized spacial score (nSPS) is 14.0. The zero-order valence-corrected chi connectivity index (χ0v) is 9.73. The summed E-state index contributed by atoms with van der Waals surface area (Å²) >= 11 is 6.04. The maximum absolute atomic E-state index is 11.3. The van der Waals surface area contributed by atoms with Crippen molar-refractivity contribution in [3.8, 4) is 0 Å². The Hall–Kier alpha value is -0.760. The van der Waals surface area contributed by atoms with E-state index in [1.807, 2.05) is 19.9 Å². The van der Waals surface area contributed by atoms with E-state index in [4.69, 9.17) is 11.6 Å². The summed E-state index contributed by atoms with van der Waals surface area (Å²) in [6.45, 7) is 7.55. The Morgan fingerprint density at radius 1 is 1.57 bits per heavy atom. The first kappa shape index (κ1) is 13.2. The minimum absolute atomic E-state index is 0.448. The third kappa shape index (κ3) is 3.97. The van der Waals surface area contributed by atoms with Crippen LogP contribution in [-0.2, 0) is 9.53 Å². The van der Waals surface area contributed by atoms with Gasteiger partial charge in [0.2, 0.25) is 0 Å². The summed E-state index contributed by atoms with van der Waals surface area (Å²) in [4.78, 5) is 10.2.